The minimum atomic E-state index is -0.0369. The van der Waals surface area contributed by atoms with Crippen molar-refractivity contribution in [3.8, 4) is 0 Å². The monoisotopic (exact) mass is 440 g/mol. The maximum Gasteiger partial charge on any atom is 0.234 e. The first-order valence-corrected chi connectivity index (χ1v) is 12.3. The van der Waals surface area contributed by atoms with E-state index in [2.05, 4.69) is 65.1 Å². The largest absolute Gasteiger partial charge is 0.325 e. The molecule has 0 aliphatic rings. The number of aromatic nitrogens is 3. The van der Waals surface area contributed by atoms with Crippen LogP contribution in [0.15, 0.2) is 53.7 Å². The average Bonchev–Trinajstić information content (AvgIpc) is 3.16. The van der Waals surface area contributed by atoms with E-state index in [1.54, 1.807) is 0 Å². The molecule has 0 bridgehead atoms. The molecule has 3 rings (SSSR count). The standard InChI is InChI=1S/C23H28N4OS2/c1-4-18-10-12-20(13-11-18)24-22(28)16-30-23-26-25-21(27(23)5-2)15-29-14-19-8-6-17(3)7-9-19/h6-13H,4-5,14-16H2,1-3H3,(H,24,28). The summed E-state index contributed by atoms with van der Waals surface area (Å²) in [6.45, 7) is 7.08. The molecular formula is C23H28N4OS2. The van der Waals surface area contributed by atoms with Gasteiger partial charge in [0.25, 0.3) is 0 Å². The number of rotatable bonds is 10. The Morgan fingerprint density at radius 1 is 0.967 bits per heavy atom. The minimum absolute atomic E-state index is 0.0369. The summed E-state index contributed by atoms with van der Waals surface area (Å²) in [5.74, 6) is 2.96. The minimum Gasteiger partial charge on any atom is -0.325 e. The van der Waals surface area contributed by atoms with Crippen molar-refractivity contribution in [1.82, 2.24) is 14.8 Å². The third-order valence-corrected chi connectivity index (χ3v) is 6.68. The number of nitrogens with zero attached hydrogens (tertiary/aromatic N) is 3. The molecule has 0 aliphatic heterocycles. The predicted octanol–water partition coefficient (Wildman–Crippen LogP) is 5.33. The van der Waals surface area contributed by atoms with Crippen LogP contribution in [0, 0.1) is 6.92 Å². The van der Waals surface area contributed by atoms with Crippen LogP contribution in [-0.4, -0.2) is 26.4 Å². The molecule has 1 amide bonds. The van der Waals surface area contributed by atoms with Crippen molar-refractivity contribution in [3.05, 3.63) is 71.0 Å². The zero-order chi connectivity index (χ0) is 21.3. The van der Waals surface area contributed by atoms with Crippen molar-refractivity contribution in [2.24, 2.45) is 0 Å². The number of carbonyl (C=O) groups excluding carboxylic acids is 1. The summed E-state index contributed by atoms with van der Waals surface area (Å²) in [6.07, 6.45) is 0.988. The molecule has 3 aromatic rings. The highest BCUT2D eigenvalue weighted by atomic mass is 32.2. The quantitative estimate of drug-likeness (QED) is 0.432. The second-order valence-electron chi connectivity index (χ2n) is 7.01. The van der Waals surface area contributed by atoms with Crippen molar-refractivity contribution in [2.45, 2.75) is 50.4 Å². The first-order chi connectivity index (χ1) is 14.6. The van der Waals surface area contributed by atoms with Crippen molar-refractivity contribution in [2.75, 3.05) is 11.1 Å². The molecule has 0 fully saturated rings. The van der Waals surface area contributed by atoms with Gasteiger partial charge in [0.2, 0.25) is 5.91 Å². The van der Waals surface area contributed by atoms with Crippen molar-refractivity contribution < 1.29 is 4.79 Å². The normalized spacial score (nSPS) is 10.9. The van der Waals surface area contributed by atoms with E-state index in [1.165, 1.54) is 28.5 Å². The Labute approximate surface area is 187 Å². The van der Waals surface area contributed by atoms with Crippen LogP contribution >= 0.6 is 23.5 Å². The lowest BCUT2D eigenvalue weighted by Gasteiger charge is -2.08. The number of hydrogen-bond donors (Lipinski definition) is 1. The van der Waals surface area contributed by atoms with E-state index in [1.807, 2.05) is 36.0 Å². The van der Waals surface area contributed by atoms with E-state index < -0.39 is 0 Å². The number of benzene rings is 2. The number of aryl methyl sites for hydroxylation is 2. The lowest BCUT2D eigenvalue weighted by atomic mass is 10.1. The van der Waals surface area contributed by atoms with Crippen molar-refractivity contribution >= 4 is 35.1 Å². The van der Waals surface area contributed by atoms with Crippen molar-refractivity contribution in [3.63, 3.8) is 0 Å². The van der Waals surface area contributed by atoms with Gasteiger partial charge in [0, 0.05) is 18.0 Å². The molecule has 0 saturated heterocycles. The van der Waals surface area contributed by atoms with Gasteiger partial charge >= 0.3 is 0 Å². The number of carbonyl (C=O) groups is 1. The Hall–Kier alpha value is -2.25. The highest BCUT2D eigenvalue weighted by molar-refractivity contribution is 7.99. The van der Waals surface area contributed by atoms with Crippen LogP contribution in [0.25, 0.3) is 0 Å². The van der Waals surface area contributed by atoms with E-state index in [0.29, 0.717) is 5.75 Å². The SMILES string of the molecule is CCc1ccc(NC(=O)CSc2nnc(CSCc3ccc(C)cc3)n2CC)cc1. The Kier molecular flexibility index (Phi) is 8.39. The molecule has 0 aliphatic carbocycles. The summed E-state index contributed by atoms with van der Waals surface area (Å²) in [6, 6.07) is 16.6. The molecule has 1 N–H and O–H groups in total. The van der Waals surface area contributed by atoms with Crippen LogP contribution < -0.4 is 5.32 Å². The van der Waals surface area contributed by atoms with Gasteiger partial charge in [-0.25, -0.2) is 0 Å². The zero-order valence-corrected chi connectivity index (χ0v) is 19.4. The van der Waals surface area contributed by atoms with Gasteiger partial charge in [0.05, 0.1) is 11.5 Å². The molecule has 0 radical (unpaired) electrons. The maximum absolute atomic E-state index is 12.3. The number of amides is 1. The molecule has 1 heterocycles. The molecule has 0 spiro atoms. The number of anilines is 1. The summed E-state index contributed by atoms with van der Waals surface area (Å²) in [4.78, 5) is 12.3. The summed E-state index contributed by atoms with van der Waals surface area (Å²) in [7, 11) is 0. The second-order valence-corrected chi connectivity index (χ2v) is 8.94. The third-order valence-electron chi connectivity index (χ3n) is 4.71. The van der Waals surface area contributed by atoms with E-state index in [0.717, 1.165) is 41.1 Å². The Bertz CT molecular complexity index is 952. The summed E-state index contributed by atoms with van der Waals surface area (Å²) < 4.78 is 2.09. The highest BCUT2D eigenvalue weighted by Gasteiger charge is 2.13. The molecule has 2 aromatic carbocycles. The van der Waals surface area contributed by atoms with Gasteiger partial charge in [-0.05, 0) is 43.5 Å². The highest BCUT2D eigenvalue weighted by Crippen LogP contribution is 2.22. The van der Waals surface area contributed by atoms with Gasteiger partial charge in [0.1, 0.15) is 5.82 Å². The van der Waals surface area contributed by atoms with Gasteiger partial charge in [0.15, 0.2) is 5.16 Å². The molecule has 0 unspecified atom stereocenters. The fraction of sp³-hybridized carbons (Fsp3) is 0.348. The first-order valence-electron chi connectivity index (χ1n) is 10.2. The lowest BCUT2D eigenvalue weighted by Crippen LogP contribution is -2.14. The average molecular weight is 441 g/mol. The van der Waals surface area contributed by atoms with Gasteiger partial charge in [-0.2, -0.15) is 0 Å². The van der Waals surface area contributed by atoms with Crippen LogP contribution in [0.5, 0.6) is 0 Å². The van der Waals surface area contributed by atoms with Crippen LogP contribution in [0.3, 0.4) is 0 Å². The van der Waals surface area contributed by atoms with Gasteiger partial charge < -0.3 is 9.88 Å². The van der Waals surface area contributed by atoms with Crippen LogP contribution in [0.2, 0.25) is 0 Å². The third kappa shape index (κ3) is 6.37. The lowest BCUT2D eigenvalue weighted by molar-refractivity contribution is -0.113. The first kappa shape index (κ1) is 22.4. The van der Waals surface area contributed by atoms with Crippen LogP contribution in [-0.2, 0) is 29.3 Å². The molecule has 30 heavy (non-hydrogen) atoms. The molecule has 1 aromatic heterocycles. The van der Waals surface area contributed by atoms with Gasteiger partial charge in [-0.3, -0.25) is 4.79 Å². The summed E-state index contributed by atoms with van der Waals surface area (Å²) in [5.41, 5.74) is 4.67. The Morgan fingerprint density at radius 3 is 2.33 bits per heavy atom. The fourth-order valence-corrected chi connectivity index (χ4v) is 4.69. The number of thioether (sulfide) groups is 2. The molecule has 7 heteroatoms. The van der Waals surface area contributed by atoms with Crippen molar-refractivity contribution in [1.29, 1.82) is 0 Å². The smallest absolute Gasteiger partial charge is 0.234 e. The molecule has 158 valence electrons. The van der Waals surface area contributed by atoms with Crippen LogP contribution in [0.1, 0.15) is 36.4 Å². The second kappa shape index (κ2) is 11.2. The molecule has 0 saturated carbocycles. The zero-order valence-electron chi connectivity index (χ0n) is 17.7. The molecule has 5 nitrogen and oxygen atoms in total. The topological polar surface area (TPSA) is 59.8 Å². The number of nitrogens with one attached hydrogen (secondary N) is 1. The van der Waals surface area contributed by atoms with Gasteiger partial charge in [-0.15, -0.1) is 22.0 Å². The number of hydrogen-bond acceptors (Lipinski definition) is 5. The summed E-state index contributed by atoms with van der Waals surface area (Å²) >= 11 is 3.25. The maximum atomic E-state index is 12.3. The van der Waals surface area contributed by atoms with Crippen LogP contribution in [0.4, 0.5) is 5.69 Å². The van der Waals surface area contributed by atoms with E-state index in [-0.39, 0.29) is 5.91 Å². The van der Waals surface area contributed by atoms with E-state index in [4.69, 9.17) is 0 Å². The predicted molar refractivity (Wildman–Crippen MR) is 127 cm³/mol. The Balaban J connectivity index is 1.50. The summed E-state index contributed by atoms with van der Waals surface area (Å²) in [5, 5.41) is 12.4. The Morgan fingerprint density at radius 2 is 1.67 bits per heavy atom. The molecule has 0 atom stereocenters. The molecular weight excluding hydrogens is 412 g/mol. The van der Waals surface area contributed by atoms with E-state index in [9.17, 15) is 4.79 Å². The van der Waals surface area contributed by atoms with E-state index >= 15 is 0 Å². The fourth-order valence-electron chi connectivity index (χ4n) is 2.95. The van der Waals surface area contributed by atoms with Gasteiger partial charge in [-0.1, -0.05) is 60.6 Å².